The zero-order valence-corrected chi connectivity index (χ0v) is 26.9. The van der Waals surface area contributed by atoms with Gasteiger partial charge in [-0.1, -0.05) is 72.9 Å². The molecule has 0 heterocycles. The fourth-order valence-corrected chi connectivity index (χ4v) is 6.07. The van der Waals surface area contributed by atoms with E-state index in [0.717, 1.165) is 65.7 Å². The van der Waals surface area contributed by atoms with Crippen LogP contribution in [0.3, 0.4) is 0 Å². The van der Waals surface area contributed by atoms with Crippen LogP contribution in [0.1, 0.15) is 33.4 Å². The third kappa shape index (κ3) is 6.99. The van der Waals surface area contributed by atoms with Crippen molar-refractivity contribution in [2.24, 2.45) is 0 Å². The van der Waals surface area contributed by atoms with Gasteiger partial charge in [-0.05, 0) is 120 Å². The van der Waals surface area contributed by atoms with E-state index in [4.69, 9.17) is 0 Å². The highest BCUT2D eigenvalue weighted by atomic mass is 16.6. The van der Waals surface area contributed by atoms with Gasteiger partial charge in [0.1, 0.15) is 0 Å². The Morgan fingerprint density at radius 1 is 0.294 bits per heavy atom. The van der Waals surface area contributed by atoms with E-state index in [1.54, 1.807) is 36.4 Å². The van der Waals surface area contributed by atoms with E-state index in [0.29, 0.717) is 0 Å². The fraction of sp³-hybridized carbons (Fsp3) is 0. The molecule has 9 nitrogen and oxygen atoms in total. The first-order chi connectivity index (χ1) is 24.7. The summed E-state index contributed by atoms with van der Waals surface area (Å²) < 4.78 is 0. The zero-order chi connectivity index (χ0) is 35.5. The molecule has 0 aliphatic heterocycles. The van der Waals surface area contributed by atoms with Gasteiger partial charge in [-0.25, -0.2) is 0 Å². The van der Waals surface area contributed by atoms with Crippen LogP contribution in [0.2, 0.25) is 0 Å². The third-order valence-electron chi connectivity index (χ3n) is 8.72. The van der Waals surface area contributed by atoms with Gasteiger partial charge in [0.05, 0.1) is 14.8 Å². The molecule has 0 amide bonds. The van der Waals surface area contributed by atoms with Crippen molar-refractivity contribution < 1.29 is 14.8 Å². The maximum Gasteiger partial charge on any atom is 0.269 e. The second-order valence-electron chi connectivity index (χ2n) is 12.0. The largest absolute Gasteiger partial charge is 0.269 e. The molecule has 51 heavy (non-hydrogen) atoms. The zero-order valence-electron chi connectivity index (χ0n) is 26.9. The molecule has 7 aromatic rings. The Morgan fingerprint density at radius 3 is 0.745 bits per heavy atom. The van der Waals surface area contributed by atoms with Crippen LogP contribution in [-0.4, -0.2) is 14.8 Å². The summed E-state index contributed by atoms with van der Waals surface area (Å²) in [5.41, 5.74) is 5.57. The number of nitro groups is 3. The van der Waals surface area contributed by atoms with Crippen LogP contribution in [0.4, 0.5) is 17.1 Å². The van der Waals surface area contributed by atoms with Crippen molar-refractivity contribution in [2.75, 3.05) is 0 Å². The van der Waals surface area contributed by atoms with Gasteiger partial charge in [0.2, 0.25) is 0 Å². The summed E-state index contributed by atoms with van der Waals surface area (Å²) in [7, 11) is 0. The number of nitrogens with zero attached hydrogens (tertiary/aromatic N) is 3. The maximum atomic E-state index is 11.1. The maximum absolute atomic E-state index is 11.1. The Bertz CT molecular complexity index is 2270. The molecule has 9 heteroatoms. The molecule has 0 bridgehead atoms. The molecule has 0 spiro atoms. The Balaban J connectivity index is 1.31. The summed E-state index contributed by atoms with van der Waals surface area (Å²) in [4.78, 5) is 31.9. The molecule has 0 N–H and O–H groups in total. The highest BCUT2D eigenvalue weighted by Gasteiger charge is 2.11. The van der Waals surface area contributed by atoms with E-state index in [1.165, 1.54) is 36.4 Å². The topological polar surface area (TPSA) is 129 Å². The van der Waals surface area contributed by atoms with Crippen LogP contribution in [0.5, 0.6) is 0 Å². The van der Waals surface area contributed by atoms with Crippen molar-refractivity contribution in [3.63, 3.8) is 0 Å². The van der Waals surface area contributed by atoms with Gasteiger partial charge in [0, 0.05) is 36.4 Å². The summed E-state index contributed by atoms with van der Waals surface area (Å²) in [5.74, 6) is 0. The monoisotopic (exact) mass is 669 g/mol. The molecule has 0 unspecified atom stereocenters. The van der Waals surface area contributed by atoms with Crippen molar-refractivity contribution in [3.05, 3.63) is 191 Å². The van der Waals surface area contributed by atoms with Crippen molar-refractivity contribution in [1.82, 2.24) is 0 Å². The van der Waals surface area contributed by atoms with Gasteiger partial charge in [0.15, 0.2) is 0 Å². The van der Waals surface area contributed by atoms with Gasteiger partial charge in [-0.2, -0.15) is 0 Å². The van der Waals surface area contributed by atoms with Crippen LogP contribution < -0.4 is 0 Å². The molecular weight excluding hydrogens is 642 g/mol. The van der Waals surface area contributed by atoms with Gasteiger partial charge in [0.25, 0.3) is 17.1 Å². The normalized spacial score (nSPS) is 11.8. The van der Waals surface area contributed by atoms with Crippen molar-refractivity contribution in [2.45, 2.75) is 0 Å². The molecule has 0 aromatic heterocycles. The van der Waals surface area contributed by atoms with E-state index in [-0.39, 0.29) is 17.1 Å². The molecule has 0 fully saturated rings. The first-order valence-corrected chi connectivity index (χ1v) is 15.9. The molecule has 0 saturated carbocycles. The number of hydrogen-bond acceptors (Lipinski definition) is 6. The number of nitro benzene ring substituents is 3. The Kier molecular flexibility index (Phi) is 8.67. The van der Waals surface area contributed by atoms with Crippen LogP contribution in [0.25, 0.3) is 68.8 Å². The highest BCUT2D eigenvalue weighted by Crippen LogP contribution is 2.37. The van der Waals surface area contributed by atoms with E-state index < -0.39 is 14.8 Å². The lowest BCUT2D eigenvalue weighted by Crippen LogP contribution is -1.87. The third-order valence-corrected chi connectivity index (χ3v) is 8.72. The van der Waals surface area contributed by atoms with Crippen molar-refractivity contribution >= 4 is 85.8 Å². The molecule has 246 valence electrons. The summed E-state index contributed by atoms with van der Waals surface area (Å²) in [6.07, 6.45) is 11.7. The Hall–Kier alpha value is -7.26. The summed E-state index contributed by atoms with van der Waals surface area (Å²) in [6.45, 7) is 0. The number of fused-ring (bicyclic) bond motifs is 6. The van der Waals surface area contributed by atoms with E-state index in [2.05, 4.69) is 54.6 Å². The lowest BCUT2D eigenvalue weighted by atomic mass is 9.91. The molecule has 0 saturated heterocycles. The number of hydrogen-bond donors (Lipinski definition) is 0. The van der Waals surface area contributed by atoms with Crippen molar-refractivity contribution in [1.29, 1.82) is 0 Å². The SMILES string of the molecule is O=[N+]([O-])c1ccc(/C=C/c2ccc3c(c2)c2ccc(/C=C/c4ccc([N+](=O)[O-])cc4)cc2c2ccc(/C=C/c4ccc([N+](=O)[O-])cc4)cc32)cc1. The second kappa shape index (κ2) is 13.7. The number of non-ortho nitro benzene ring substituents is 3. The molecule has 7 aromatic carbocycles. The summed E-state index contributed by atoms with van der Waals surface area (Å²) in [5, 5.41) is 39.6. The van der Waals surface area contributed by atoms with Crippen LogP contribution in [-0.2, 0) is 0 Å². The lowest BCUT2D eigenvalue weighted by molar-refractivity contribution is -0.385. The minimum atomic E-state index is -0.417. The smallest absolute Gasteiger partial charge is 0.258 e. The number of rotatable bonds is 9. The van der Waals surface area contributed by atoms with Crippen LogP contribution in [0, 0.1) is 30.3 Å². The average molecular weight is 670 g/mol. The Labute approximate surface area is 291 Å². The summed E-state index contributed by atoms with van der Waals surface area (Å²) in [6, 6.07) is 38.1. The van der Waals surface area contributed by atoms with Gasteiger partial charge < -0.3 is 0 Å². The molecular formula is C42H27N3O6. The van der Waals surface area contributed by atoms with Crippen LogP contribution >= 0.6 is 0 Å². The minimum Gasteiger partial charge on any atom is -0.258 e. The van der Waals surface area contributed by atoms with E-state index >= 15 is 0 Å². The molecule has 0 aliphatic carbocycles. The molecule has 0 atom stereocenters. The molecule has 0 radical (unpaired) electrons. The average Bonchev–Trinajstić information content (AvgIpc) is 3.15. The minimum absolute atomic E-state index is 0.0418. The fourth-order valence-electron chi connectivity index (χ4n) is 6.07. The second-order valence-corrected chi connectivity index (χ2v) is 12.0. The van der Waals surface area contributed by atoms with E-state index in [1.807, 2.05) is 36.5 Å². The van der Waals surface area contributed by atoms with Crippen molar-refractivity contribution in [3.8, 4) is 0 Å². The highest BCUT2D eigenvalue weighted by molar-refractivity contribution is 6.26. The first-order valence-electron chi connectivity index (χ1n) is 15.9. The van der Waals surface area contributed by atoms with Gasteiger partial charge in [-0.15, -0.1) is 0 Å². The first kappa shape index (κ1) is 32.3. The lowest BCUT2D eigenvalue weighted by Gasteiger charge is -2.13. The molecule has 7 rings (SSSR count). The Morgan fingerprint density at radius 2 is 0.510 bits per heavy atom. The molecule has 0 aliphatic rings. The predicted octanol–water partition coefficient (Wildman–Crippen LogP) is 11.4. The number of benzene rings is 7. The van der Waals surface area contributed by atoms with E-state index in [9.17, 15) is 30.3 Å². The summed E-state index contributed by atoms with van der Waals surface area (Å²) >= 11 is 0. The standard InChI is InChI=1S/C42H27N3O6/c46-43(47)34-16-7-28(8-17-34)1-4-31-13-22-37-40(25-31)38-23-14-32(5-2-29-9-18-35(19-10-29)44(48)49)27-42(38)39-24-15-33(26-41(37)39)6-3-30-11-20-36(21-12-30)45(50)51/h1-27H/b4-1+,5-2+,6-3+. The van der Waals surface area contributed by atoms with Gasteiger partial charge >= 0.3 is 0 Å². The van der Waals surface area contributed by atoms with Crippen LogP contribution in [0.15, 0.2) is 127 Å². The predicted molar refractivity (Wildman–Crippen MR) is 205 cm³/mol. The van der Waals surface area contributed by atoms with Gasteiger partial charge in [-0.3, -0.25) is 30.3 Å². The quantitative estimate of drug-likeness (QED) is 0.0650.